The molecule has 70 valence electrons. The second-order valence-electron chi connectivity index (χ2n) is 2.43. The number of aliphatic carboxylic acids is 1. The highest BCUT2D eigenvalue weighted by atomic mass is 127. The molecule has 5 nitrogen and oxygen atoms in total. The van der Waals surface area contributed by atoms with Crippen LogP contribution in [0.1, 0.15) is 0 Å². The third kappa shape index (κ3) is 1.70. The highest BCUT2D eigenvalue weighted by molar-refractivity contribution is 14.1. The second-order valence-corrected chi connectivity index (χ2v) is 3.87. The maximum atomic E-state index is 10.5. The SMILES string of the molecule is COC1OC(C(=O)O)C(O)C1I. The Bertz CT molecular complexity index is 185. The molecular weight excluding hydrogens is 279 g/mol. The first kappa shape index (κ1) is 10.2. The predicted octanol–water partition coefficient (Wildman–Crippen LogP) is -0.393. The molecule has 0 aromatic rings. The Morgan fingerprint density at radius 1 is 1.67 bits per heavy atom. The summed E-state index contributed by atoms with van der Waals surface area (Å²) in [6, 6.07) is 0. The van der Waals surface area contributed by atoms with E-state index in [9.17, 15) is 9.90 Å². The Morgan fingerprint density at radius 2 is 2.25 bits per heavy atom. The highest BCUT2D eigenvalue weighted by Crippen LogP contribution is 2.28. The largest absolute Gasteiger partial charge is 0.479 e. The summed E-state index contributed by atoms with van der Waals surface area (Å²) in [5.41, 5.74) is 0. The number of alkyl halides is 1. The number of rotatable bonds is 2. The number of aliphatic hydroxyl groups excluding tert-OH is 1. The molecule has 0 amide bonds. The standard InChI is InChI=1S/C6H9IO5/c1-11-6-2(7)3(8)4(12-6)5(9)10/h2-4,6,8H,1H3,(H,9,10). The van der Waals surface area contributed by atoms with Gasteiger partial charge in [0, 0.05) is 7.11 Å². The molecule has 4 atom stereocenters. The fourth-order valence-corrected chi connectivity index (χ4v) is 1.86. The summed E-state index contributed by atoms with van der Waals surface area (Å²) < 4.78 is 9.40. The van der Waals surface area contributed by atoms with E-state index in [0.29, 0.717) is 0 Å². The topological polar surface area (TPSA) is 76.0 Å². The summed E-state index contributed by atoms with van der Waals surface area (Å²) in [5.74, 6) is -1.16. The van der Waals surface area contributed by atoms with Gasteiger partial charge in [0.15, 0.2) is 12.4 Å². The van der Waals surface area contributed by atoms with Crippen LogP contribution in [0.25, 0.3) is 0 Å². The van der Waals surface area contributed by atoms with Crippen LogP contribution in [0.4, 0.5) is 0 Å². The van der Waals surface area contributed by atoms with Gasteiger partial charge in [-0.15, -0.1) is 0 Å². The molecular formula is C6H9IO5. The number of carboxylic acid groups (broad SMARTS) is 1. The molecule has 0 aromatic heterocycles. The average Bonchev–Trinajstić information content (AvgIpc) is 2.30. The third-order valence-corrected chi connectivity index (χ3v) is 2.98. The van der Waals surface area contributed by atoms with Crippen LogP contribution in [-0.4, -0.2) is 45.7 Å². The van der Waals surface area contributed by atoms with Gasteiger partial charge in [0.05, 0.1) is 3.92 Å². The minimum absolute atomic E-state index is 0.339. The van der Waals surface area contributed by atoms with Crippen LogP contribution in [0.2, 0.25) is 0 Å². The molecule has 1 saturated heterocycles. The smallest absolute Gasteiger partial charge is 0.335 e. The van der Waals surface area contributed by atoms with Crippen molar-refractivity contribution in [3.63, 3.8) is 0 Å². The molecule has 0 bridgehead atoms. The van der Waals surface area contributed by atoms with Crippen LogP contribution in [0, 0.1) is 0 Å². The van der Waals surface area contributed by atoms with E-state index in [0.717, 1.165) is 0 Å². The lowest BCUT2D eigenvalue weighted by molar-refractivity contribution is -0.166. The molecule has 6 heteroatoms. The number of halogens is 1. The summed E-state index contributed by atoms with van der Waals surface area (Å²) in [4.78, 5) is 10.5. The molecule has 4 unspecified atom stereocenters. The van der Waals surface area contributed by atoms with Crippen molar-refractivity contribution in [2.75, 3.05) is 7.11 Å². The van der Waals surface area contributed by atoms with Gasteiger partial charge >= 0.3 is 5.97 Å². The number of carbonyl (C=O) groups is 1. The molecule has 0 aliphatic carbocycles. The van der Waals surface area contributed by atoms with Crippen molar-refractivity contribution in [3.8, 4) is 0 Å². The number of hydrogen-bond donors (Lipinski definition) is 2. The minimum Gasteiger partial charge on any atom is -0.479 e. The monoisotopic (exact) mass is 288 g/mol. The fourth-order valence-electron chi connectivity index (χ4n) is 1.02. The quantitative estimate of drug-likeness (QED) is 0.534. The lowest BCUT2D eigenvalue weighted by Gasteiger charge is -2.10. The molecule has 1 rings (SSSR count). The third-order valence-electron chi connectivity index (χ3n) is 1.65. The number of ether oxygens (including phenoxy) is 2. The number of aliphatic hydroxyl groups is 1. The van der Waals surface area contributed by atoms with Crippen molar-refractivity contribution >= 4 is 28.6 Å². The summed E-state index contributed by atoms with van der Waals surface area (Å²) in [7, 11) is 1.41. The van der Waals surface area contributed by atoms with Crippen LogP contribution >= 0.6 is 22.6 Å². The Kier molecular flexibility index (Phi) is 3.27. The summed E-state index contributed by atoms with van der Waals surface area (Å²) >= 11 is 1.91. The van der Waals surface area contributed by atoms with Crippen LogP contribution in [0.5, 0.6) is 0 Å². The zero-order chi connectivity index (χ0) is 9.30. The van der Waals surface area contributed by atoms with Crippen LogP contribution in [-0.2, 0) is 14.3 Å². The van der Waals surface area contributed by atoms with E-state index < -0.39 is 24.5 Å². The highest BCUT2D eigenvalue weighted by Gasteiger charge is 2.46. The van der Waals surface area contributed by atoms with Gasteiger partial charge in [0.25, 0.3) is 0 Å². The zero-order valence-electron chi connectivity index (χ0n) is 6.31. The van der Waals surface area contributed by atoms with Crippen molar-refractivity contribution in [3.05, 3.63) is 0 Å². The van der Waals surface area contributed by atoms with Crippen molar-refractivity contribution in [2.24, 2.45) is 0 Å². The van der Waals surface area contributed by atoms with Gasteiger partial charge in [-0.05, 0) is 0 Å². The van der Waals surface area contributed by atoms with Gasteiger partial charge in [0.2, 0.25) is 0 Å². The van der Waals surface area contributed by atoms with Crippen LogP contribution in [0.15, 0.2) is 0 Å². The molecule has 0 saturated carbocycles. The molecule has 12 heavy (non-hydrogen) atoms. The van der Waals surface area contributed by atoms with Gasteiger partial charge in [-0.1, -0.05) is 22.6 Å². The molecule has 1 heterocycles. The van der Waals surface area contributed by atoms with E-state index in [1.165, 1.54) is 7.11 Å². The van der Waals surface area contributed by atoms with Gasteiger partial charge in [-0.2, -0.15) is 0 Å². The Hall–Kier alpha value is 0.0800. The first-order valence-corrected chi connectivity index (χ1v) is 4.55. The van der Waals surface area contributed by atoms with Gasteiger partial charge in [0.1, 0.15) is 6.10 Å². The van der Waals surface area contributed by atoms with Crippen molar-refractivity contribution < 1.29 is 24.5 Å². The van der Waals surface area contributed by atoms with Gasteiger partial charge in [-0.25, -0.2) is 4.79 Å². The van der Waals surface area contributed by atoms with E-state index in [1.807, 2.05) is 22.6 Å². The first-order chi connectivity index (χ1) is 5.57. The van der Waals surface area contributed by atoms with E-state index in [-0.39, 0.29) is 3.92 Å². The molecule has 1 aliphatic rings. The zero-order valence-corrected chi connectivity index (χ0v) is 8.46. The lowest BCUT2D eigenvalue weighted by Crippen LogP contribution is -2.33. The average molecular weight is 288 g/mol. The normalized spacial score (nSPS) is 41.6. The summed E-state index contributed by atoms with van der Waals surface area (Å²) in [5, 5.41) is 17.9. The van der Waals surface area contributed by atoms with Crippen LogP contribution < -0.4 is 0 Å². The Morgan fingerprint density at radius 3 is 2.50 bits per heavy atom. The maximum Gasteiger partial charge on any atom is 0.335 e. The van der Waals surface area contributed by atoms with Crippen molar-refractivity contribution in [2.45, 2.75) is 22.4 Å². The molecule has 0 spiro atoms. The van der Waals surface area contributed by atoms with Gasteiger partial charge in [-0.3, -0.25) is 0 Å². The molecule has 1 aliphatic heterocycles. The predicted molar refractivity (Wildman–Crippen MR) is 47.1 cm³/mol. The van der Waals surface area contributed by atoms with Gasteiger partial charge < -0.3 is 19.7 Å². The van der Waals surface area contributed by atoms with Crippen molar-refractivity contribution in [1.29, 1.82) is 0 Å². The van der Waals surface area contributed by atoms with Crippen LogP contribution in [0.3, 0.4) is 0 Å². The molecule has 1 fully saturated rings. The summed E-state index contributed by atoms with van der Waals surface area (Å²) in [6.07, 6.45) is -2.81. The number of carboxylic acids is 1. The molecule has 2 N–H and O–H groups in total. The first-order valence-electron chi connectivity index (χ1n) is 3.31. The molecule has 0 aromatic carbocycles. The number of hydrogen-bond acceptors (Lipinski definition) is 4. The van der Waals surface area contributed by atoms with E-state index in [2.05, 4.69) is 0 Å². The van der Waals surface area contributed by atoms with E-state index >= 15 is 0 Å². The van der Waals surface area contributed by atoms with Crippen molar-refractivity contribution in [1.82, 2.24) is 0 Å². The van der Waals surface area contributed by atoms with E-state index in [4.69, 9.17) is 14.6 Å². The Labute approximate surface area is 82.8 Å². The fraction of sp³-hybridized carbons (Fsp3) is 0.833. The Balaban J connectivity index is 2.66. The maximum absolute atomic E-state index is 10.5. The number of methoxy groups -OCH3 is 1. The lowest BCUT2D eigenvalue weighted by atomic mass is 10.2. The van der Waals surface area contributed by atoms with E-state index in [1.54, 1.807) is 0 Å². The summed E-state index contributed by atoms with van der Waals surface area (Å²) in [6.45, 7) is 0. The second kappa shape index (κ2) is 3.86. The minimum atomic E-state index is -1.17. The molecule has 0 radical (unpaired) electrons.